The van der Waals surface area contributed by atoms with Crippen LogP contribution in [0.5, 0.6) is 5.75 Å². The fourth-order valence-electron chi connectivity index (χ4n) is 2.48. The van der Waals surface area contributed by atoms with Crippen molar-refractivity contribution in [2.45, 2.75) is 26.5 Å². The lowest BCUT2D eigenvalue weighted by Gasteiger charge is -2.20. The highest BCUT2D eigenvalue weighted by Crippen LogP contribution is 2.18. The Balaban J connectivity index is 1.60. The second kappa shape index (κ2) is 7.82. The van der Waals surface area contributed by atoms with Crippen LogP contribution in [0.4, 0.5) is 0 Å². The van der Waals surface area contributed by atoms with E-state index in [-0.39, 0.29) is 12.5 Å². The van der Waals surface area contributed by atoms with Gasteiger partial charge in [-0.25, -0.2) is 0 Å². The normalized spacial score (nSPS) is 11.8. The lowest BCUT2D eigenvalue weighted by Crippen LogP contribution is -2.37. The van der Waals surface area contributed by atoms with Crippen molar-refractivity contribution in [2.24, 2.45) is 0 Å². The first-order chi connectivity index (χ1) is 12.5. The average Bonchev–Trinajstić information content (AvgIpc) is 3.12. The summed E-state index contributed by atoms with van der Waals surface area (Å²) in [5.41, 5.74) is 1.98. The summed E-state index contributed by atoms with van der Waals surface area (Å²) in [5, 5.41) is 8.05. The Bertz CT molecular complexity index is 860. The highest BCUT2D eigenvalue weighted by atomic mass is 16.5. The molecule has 1 atom stereocenters. The standard InChI is InChI=1S/C20H21N3O3/c1-14-9-11-17(12-10-14)25-15(2)20(24)23(3)13-18-21-22-19(26-18)16-7-5-4-6-8-16/h4-12,15H,13H2,1-3H3/t15-/m1/s1. The van der Waals surface area contributed by atoms with Crippen LogP contribution in [0.15, 0.2) is 59.0 Å². The molecule has 1 aromatic heterocycles. The monoisotopic (exact) mass is 351 g/mol. The van der Waals surface area contributed by atoms with Gasteiger partial charge in [0, 0.05) is 12.6 Å². The quantitative estimate of drug-likeness (QED) is 0.680. The third kappa shape index (κ3) is 4.27. The van der Waals surface area contributed by atoms with Crippen LogP contribution >= 0.6 is 0 Å². The molecule has 6 heteroatoms. The molecule has 0 aliphatic carbocycles. The lowest BCUT2D eigenvalue weighted by atomic mass is 10.2. The average molecular weight is 351 g/mol. The first kappa shape index (κ1) is 17.7. The molecule has 3 aromatic rings. The van der Waals surface area contributed by atoms with Gasteiger partial charge in [0.25, 0.3) is 5.91 Å². The van der Waals surface area contributed by atoms with Gasteiger partial charge in [-0.05, 0) is 38.1 Å². The number of rotatable bonds is 6. The fourth-order valence-corrected chi connectivity index (χ4v) is 2.48. The number of hydrogen-bond donors (Lipinski definition) is 0. The fraction of sp³-hybridized carbons (Fsp3) is 0.250. The summed E-state index contributed by atoms with van der Waals surface area (Å²) in [5.74, 6) is 1.31. The molecule has 6 nitrogen and oxygen atoms in total. The van der Waals surface area contributed by atoms with Crippen molar-refractivity contribution < 1.29 is 13.9 Å². The van der Waals surface area contributed by atoms with Crippen LogP contribution in [0, 0.1) is 6.92 Å². The van der Waals surface area contributed by atoms with Crippen LogP contribution in [-0.4, -0.2) is 34.2 Å². The number of carbonyl (C=O) groups excluding carboxylic acids is 1. The van der Waals surface area contributed by atoms with E-state index < -0.39 is 6.10 Å². The number of benzene rings is 2. The van der Waals surface area contributed by atoms with Crippen molar-refractivity contribution in [2.75, 3.05) is 7.05 Å². The van der Waals surface area contributed by atoms with E-state index in [1.165, 1.54) is 4.90 Å². The summed E-state index contributed by atoms with van der Waals surface area (Å²) in [6.45, 7) is 3.95. The highest BCUT2D eigenvalue weighted by Gasteiger charge is 2.21. The smallest absolute Gasteiger partial charge is 0.263 e. The lowest BCUT2D eigenvalue weighted by molar-refractivity contribution is -0.137. The number of carbonyl (C=O) groups is 1. The van der Waals surface area contributed by atoms with E-state index in [9.17, 15) is 4.79 Å². The highest BCUT2D eigenvalue weighted by molar-refractivity contribution is 5.80. The first-order valence-corrected chi connectivity index (χ1v) is 8.39. The minimum atomic E-state index is -0.612. The third-order valence-corrected chi connectivity index (χ3v) is 3.92. The van der Waals surface area contributed by atoms with Gasteiger partial charge in [0.2, 0.25) is 11.8 Å². The summed E-state index contributed by atoms with van der Waals surface area (Å²) in [4.78, 5) is 14.0. The Labute approximate surface area is 152 Å². The SMILES string of the molecule is Cc1ccc(O[C@H](C)C(=O)N(C)Cc2nnc(-c3ccccc3)o2)cc1. The first-order valence-electron chi connectivity index (χ1n) is 8.39. The molecular weight excluding hydrogens is 330 g/mol. The van der Waals surface area contributed by atoms with Crippen LogP contribution in [0.3, 0.4) is 0 Å². The molecule has 0 aliphatic heterocycles. The van der Waals surface area contributed by atoms with Crippen molar-refractivity contribution >= 4 is 5.91 Å². The molecular formula is C20H21N3O3. The van der Waals surface area contributed by atoms with Gasteiger partial charge in [-0.1, -0.05) is 35.9 Å². The van der Waals surface area contributed by atoms with E-state index >= 15 is 0 Å². The van der Waals surface area contributed by atoms with Gasteiger partial charge >= 0.3 is 0 Å². The summed E-state index contributed by atoms with van der Waals surface area (Å²) in [7, 11) is 1.68. The molecule has 0 radical (unpaired) electrons. The van der Waals surface area contributed by atoms with Gasteiger partial charge < -0.3 is 14.1 Å². The van der Waals surface area contributed by atoms with E-state index in [4.69, 9.17) is 9.15 Å². The molecule has 0 N–H and O–H groups in total. The summed E-state index contributed by atoms with van der Waals surface area (Å²) in [6.07, 6.45) is -0.612. The zero-order valence-corrected chi connectivity index (χ0v) is 15.0. The predicted molar refractivity (Wildman–Crippen MR) is 97.5 cm³/mol. The largest absolute Gasteiger partial charge is 0.481 e. The van der Waals surface area contributed by atoms with Crippen LogP contribution < -0.4 is 4.74 Å². The molecule has 3 rings (SSSR count). The Morgan fingerprint density at radius 3 is 2.50 bits per heavy atom. The molecule has 1 amide bonds. The van der Waals surface area contributed by atoms with Crippen molar-refractivity contribution in [1.82, 2.24) is 15.1 Å². The summed E-state index contributed by atoms with van der Waals surface area (Å²) < 4.78 is 11.4. The topological polar surface area (TPSA) is 68.5 Å². The molecule has 0 aliphatic rings. The minimum Gasteiger partial charge on any atom is -0.481 e. The molecule has 0 saturated carbocycles. The molecule has 2 aromatic carbocycles. The third-order valence-electron chi connectivity index (χ3n) is 3.92. The number of nitrogens with zero attached hydrogens (tertiary/aromatic N) is 3. The van der Waals surface area contributed by atoms with Gasteiger partial charge in [0.1, 0.15) is 5.75 Å². The molecule has 0 spiro atoms. The maximum Gasteiger partial charge on any atom is 0.263 e. The number of aromatic nitrogens is 2. The van der Waals surface area contributed by atoms with Gasteiger partial charge in [0.05, 0.1) is 6.54 Å². The molecule has 0 saturated heterocycles. The second-order valence-corrected chi connectivity index (χ2v) is 6.13. The van der Waals surface area contributed by atoms with Crippen molar-refractivity contribution in [3.05, 3.63) is 66.1 Å². The van der Waals surface area contributed by atoms with Gasteiger partial charge in [-0.3, -0.25) is 4.79 Å². The van der Waals surface area contributed by atoms with E-state index in [0.29, 0.717) is 17.5 Å². The minimum absolute atomic E-state index is 0.162. The van der Waals surface area contributed by atoms with Gasteiger partial charge in [-0.2, -0.15) is 0 Å². The van der Waals surface area contributed by atoms with E-state index in [2.05, 4.69) is 10.2 Å². The second-order valence-electron chi connectivity index (χ2n) is 6.13. The number of hydrogen-bond acceptors (Lipinski definition) is 5. The van der Waals surface area contributed by atoms with E-state index in [1.54, 1.807) is 14.0 Å². The summed E-state index contributed by atoms with van der Waals surface area (Å²) in [6, 6.07) is 17.1. The predicted octanol–water partition coefficient (Wildman–Crippen LogP) is 3.47. The zero-order chi connectivity index (χ0) is 18.5. The molecule has 26 heavy (non-hydrogen) atoms. The van der Waals surface area contributed by atoms with Crippen LogP contribution in [-0.2, 0) is 11.3 Å². The molecule has 1 heterocycles. The van der Waals surface area contributed by atoms with Gasteiger partial charge in [-0.15, -0.1) is 10.2 Å². The molecule has 0 bridgehead atoms. The number of likely N-dealkylation sites (N-methyl/N-ethyl adjacent to an activating group) is 1. The number of amides is 1. The summed E-state index contributed by atoms with van der Waals surface area (Å²) >= 11 is 0. The zero-order valence-electron chi connectivity index (χ0n) is 15.0. The van der Waals surface area contributed by atoms with Crippen LogP contribution in [0.25, 0.3) is 11.5 Å². The Morgan fingerprint density at radius 2 is 1.81 bits per heavy atom. The molecule has 134 valence electrons. The molecule has 0 unspecified atom stereocenters. The Kier molecular flexibility index (Phi) is 5.31. The number of aryl methyl sites for hydroxylation is 1. The number of ether oxygens (including phenoxy) is 1. The maximum absolute atomic E-state index is 12.5. The van der Waals surface area contributed by atoms with Crippen molar-refractivity contribution in [3.8, 4) is 17.2 Å². The molecule has 0 fully saturated rings. The van der Waals surface area contributed by atoms with Gasteiger partial charge in [0.15, 0.2) is 6.10 Å². The van der Waals surface area contributed by atoms with Crippen LogP contribution in [0.1, 0.15) is 18.4 Å². The van der Waals surface area contributed by atoms with E-state index in [0.717, 1.165) is 11.1 Å². The Hall–Kier alpha value is -3.15. The van der Waals surface area contributed by atoms with Crippen molar-refractivity contribution in [3.63, 3.8) is 0 Å². The maximum atomic E-state index is 12.5. The Morgan fingerprint density at radius 1 is 1.12 bits per heavy atom. The van der Waals surface area contributed by atoms with E-state index in [1.807, 2.05) is 61.5 Å². The van der Waals surface area contributed by atoms with Crippen LogP contribution in [0.2, 0.25) is 0 Å². The van der Waals surface area contributed by atoms with Crippen molar-refractivity contribution in [1.29, 1.82) is 0 Å².